The van der Waals surface area contributed by atoms with Crippen molar-refractivity contribution < 1.29 is 18.4 Å². The highest BCUT2D eigenvalue weighted by molar-refractivity contribution is 5.84. The van der Waals surface area contributed by atoms with E-state index >= 15 is 0 Å². The molecule has 1 N–H and O–H groups in total. The number of fused-ring (bicyclic) bond motifs is 2. The second kappa shape index (κ2) is 11.0. The lowest BCUT2D eigenvalue weighted by atomic mass is 9.99. The predicted octanol–water partition coefficient (Wildman–Crippen LogP) is 6.46. The van der Waals surface area contributed by atoms with Crippen molar-refractivity contribution in [1.29, 1.82) is 0 Å². The number of rotatable bonds is 11. The van der Waals surface area contributed by atoms with Gasteiger partial charge in [0.25, 0.3) is 0 Å². The Morgan fingerprint density at radius 2 is 2.00 bits per heavy atom. The number of nitrogens with one attached hydrogen (secondary N) is 1. The average Bonchev–Trinajstić information content (AvgIpc) is 3.30. The van der Waals surface area contributed by atoms with Gasteiger partial charge in [-0.25, -0.2) is 14.6 Å². The summed E-state index contributed by atoms with van der Waals surface area (Å²) in [7, 11) is 0. The van der Waals surface area contributed by atoms with E-state index in [-0.39, 0.29) is 18.1 Å². The molecule has 0 spiro atoms. The second-order valence-electron chi connectivity index (χ2n) is 8.63. The van der Waals surface area contributed by atoms with Gasteiger partial charge in [-0.1, -0.05) is 45.8 Å². The molecule has 0 bridgehead atoms. The summed E-state index contributed by atoms with van der Waals surface area (Å²) in [5, 5.41) is 4.26. The van der Waals surface area contributed by atoms with Crippen molar-refractivity contribution in [1.82, 2.24) is 4.98 Å². The molecule has 0 fully saturated rings. The van der Waals surface area contributed by atoms with Crippen LogP contribution >= 0.6 is 0 Å². The van der Waals surface area contributed by atoms with Crippen molar-refractivity contribution in [3.63, 3.8) is 0 Å². The maximum absolute atomic E-state index is 12.8. The Morgan fingerprint density at radius 3 is 2.77 bits per heavy atom. The fourth-order valence-electron chi connectivity index (χ4n) is 3.97. The number of aromatic nitrogens is 1. The van der Waals surface area contributed by atoms with Gasteiger partial charge in [0.15, 0.2) is 5.58 Å². The first-order valence-corrected chi connectivity index (χ1v) is 12.0. The van der Waals surface area contributed by atoms with Crippen molar-refractivity contribution >= 4 is 33.7 Å². The molecule has 1 unspecified atom stereocenters. The molecule has 4 rings (SSSR count). The average molecular weight is 475 g/mol. The van der Waals surface area contributed by atoms with Crippen LogP contribution in [0, 0.1) is 5.92 Å². The monoisotopic (exact) mass is 474 g/mol. The molecule has 2 aromatic heterocycles. The van der Waals surface area contributed by atoms with Crippen LogP contribution in [0.4, 0.5) is 5.69 Å². The van der Waals surface area contributed by atoms with Crippen LogP contribution in [0.5, 0.6) is 0 Å². The molecule has 2 heterocycles. The Labute approximate surface area is 203 Å². The van der Waals surface area contributed by atoms with Crippen LogP contribution in [0.3, 0.4) is 0 Å². The van der Waals surface area contributed by atoms with Crippen molar-refractivity contribution in [3.8, 4) is 11.5 Å². The number of esters is 1. The number of benzene rings is 2. The fourth-order valence-corrected chi connectivity index (χ4v) is 3.97. The summed E-state index contributed by atoms with van der Waals surface area (Å²) in [4.78, 5) is 28.5. The molecule has 0 aliphatic carbocycles. The number of anilines is 1. The van der Waals surface area contributed by atoms with E-state index in [2.05, 4.69) is 30.7 Å². The maximum atomic E-state index is 12.8. The molecular formula is C28H30N2O5. The quantitative estimate of drug-likeness (QED) is 0.151. The maximum Gasteiger partial charge on any atom is 0.349 e. The van der Waals surface area contributed by atoms with E-state index in [0.717, 1.165) is 35.7 Å². The van der Waals surface area contributed by atoms with Crippen molar-refractivity contribution in [2.75, 3.05) is 11.9 Å². The third-order valence-corrected chi connectivity index (χ3v) is 6.10. The van der Waals surface area contributed by atoms with Gasteiger partial charge < -0.3 is 18.9 Å². The van der Waals surface area contributed by atoms with Crippen LogP contribution in [-0.4, -0.2) is 17.5 Å². The first kappa shape index (κ1) is 24.3. The lowest BCUT2D eigenvalue weighted by molar-refractivity contribution is -0.138. The smallest absolute Gasteiger partial charge is 0.349 e. The Hall–Kier alpha value is -3.87. The topological polar surface area (TPSA) is 94.6 Å². The standard InChI is InChI=1S/C28H30N2O5/c1-4-7-8-18(5-2)16-29-21-11-10-20-14-22(28(32)35-25(20)15-21)27-30-23-13-19(9-12-24(23)34-27)17-33-26(31)6-3/h6,9-15,18,29H,3-5,7-8,16-17H2,1-2H3. The van der Waals surface area contributed by atoms with Crippen molar-refractivity contribution in [2.24, 2.45) is 5.92 Å². The van der Waals surface area contributed by atoms with Gasteiger partial charge in [0.1, 0.15) is 23.3 Å². The van der Waals surface area contributed by atoms with E-state index in [1.165, 1.54) is 19.3 Å². The van der Waals surface area contributed by atoms with Gasteiger partial charge in [-0.3, -0.25) is 0 Å². The molecule has 0 amide bonds. The highest BCUT2D eigenvalue weighted by Crippen LogP contribution is 2.27. The number of hydrogen-bond donors (Lipinski definition) is 1. The lowest BCUT2D eigenvalue weighted by Gasteiger charge is -2.16. The molecule has 0 aliphatic heterocycles. The number of hydrogen-bond acceptors (Lipinski definition) is 7. The van der Waals surface area contributed by atoms with E-state index in [1.807, 2.05) is 18.2 Å². The lowest BCUT2D eigenvalue weighted by Crippen LogP contribution is -2.13. The molecule has 0 saturated carbocycles. The Balaban J connectivity index is 1.55. The van der Waals surface area contributed by atoms with Gasteiger partial charge in [0.2, 0.25) is 5.89 Å². The van der Waals surface area contributed by atoms with Gasteiger partial charge in [0, 0.05) is 29.8 Å². The molecule has 2 aromatic carbocycles. The zero-order chi connectivity index (χ0) is 24.8. The Bertz CT molecular complexity index is 1400. The minimum absolute atomic E-state index is 0.0923. The van der Waals surface area contributed by atoms with Crippen LogP contribution < -0.4 is 10.9 Å². The number of carbonyl (C=O) groups excluding carboxylic acids is 1. The fraction of sp³-hybridized carbons (Fsp3) is 0.321. The van der Waals surface area contributed by atoms with Gasteiger partial charge in [-0.15, -0.1) is 0 Å². The molecule has 1 atom stereocenters. The molecule has 0 radical (unpaired) electrons. The normalized spacial score (nSPS) is 12.1. The third-order valence-electron chi connectivity index (χ3n) is 6.10. The Kier molecular flexibility index (Phi) is 7.65. The van der Waals surface area contributed by atoms with E-state index in [0.29, 0.717) is 22.6 Å². The van der Waals surface area contributed by atoms with Gasteiger partial charge in [-0.2, -0.15) is 0 Å². The number of ether oxygens (including phenoxy) is 1. The summed E-state index contributed by atoms with van der Waals surface area (Å²) in [5.74, 6) is 0.299. The minimum atomic E-state index is -0.518. The highest BCUT2D eigenvalue weighted by atomic mass is 16.5. The molecule has 182 valence electrons. The second-order valence-corrected chi connectivity index (χ2v) is 8.63. The van der Waals surface area contributed by atoms with Crippen LogP contribution in [-0.2, 0) is 16.1 Å². The van der Waals surface area contributed by atoms with Crippen molar-refractivity contribution in [3.05, 3.63) is 71.1 Å². The summed E-state index contributed by atoms with van der Waals surface area (Å²) in [5.41, 5.74) is 2.99. The number of carbonyl (C=O) groups is 1. The molecule has 0 aliphatic rings. The van der Waals surface area contributed by atoms with Crippen LogP contribution in [0.2, 0.25) is 0 Å². The Morgan fingerprint density at radius 1 is 1.14 bits per heavy atom. The number of oxazole rings is 1. The van der Waals surface area contributed by atoms with Gasteiger partial charge in [0.05, 0.1) is 0 Å². The van der Waals surface area contributed by atoms with Crippen LogP contribution in [0.15, 0.2) is 68.7 Å². The van der Waals surface area contributed by atoms with Gasteiger partial charge >= 0.3 is 11.6 Å². The van der Waals surface area contributed by atoms with E-state index in [9.17, 15) is 9.59 Å². The van der Waals surface area contributed by atoms with Crippen LogP contribution in [0.1, 0.15) is 45.1 Å². The predicted molar refractivity (Wildman–Crippen MR) is 137 cm³/mol. The van der Waals surface area contributed by atoms with E-state index < -0.39 is 11.6 Å². The van der Waals surface area contributed by atoms with E-state index in [4.69, 9.17) is 13.6 Å². The van der Waals surface area contributed by atoms with Crippen LogP contribution in [0.25, 0.3) is 33.5 Å². The first-order chi connectivity index (χ1) is 17.0. The summed E-state index contributed by atoms with van der Waals surface area (Å²) in [6.07, 6.45) is 5.88. The zero-order valence-corrected chi connectivity index (χ0v) is 20.1. The summed E-state index contributed by atoms with van der Waals surface area (Å²) >= 11 is 0. The minimum Gasteiger partial charge on any atom is -0.458 e. The molecular weight excluding hydrogens is 444 g/mol. The molecule has 4 aromatic rings. The number of unbranched alkanes of at least 4 members (excludes halogenated alkanes) is 1. The molecule has 0 saturated heterocycles. The van der Waals surface area contributed by atoms with E-state index in [1.54, 1.807) is 24.3 Å². The van der Waals surface area contributed by atoms with Crippen molar-refractivity contribution in [2.45, 2.75) is 46.1 Å². The molecule has 35 heavy (non-hydrogen) atoms. The summed E-state index contributed by atoms with van der Waals surface area (Å²) < 4.78 is 16.5. The first-order valence-electron chi connectivity index (χ1n) is 12.0. The number of nitrogens with zero attached hydrogens (tertiary/aromatic N) is 1. The molecule has 7 heteroatoms. The summed E-state index contributed by atoms with van der Waals surface area (Å²) in [6, 6.07) is 12.8. The largest absolute Gasteiger partial charge is 0.458 e. The summed E-state index contributed by atoms with van der Waals surface area (Å²) in [6.45, 7) is 8.79. The zero-order valence-electron chi connectivity index (χ0n) is 20.1. The van der Waals surface area contributed by atoms with Gasteiger partial charge in [-0.05, 0) is 48.2 Å². The third kappa shape index (κ3) is 5.80. The highest BCUT2D eigenvalue weighted by Gasteiger charge is 2.16. The molecule has 7 nitrogen and oxygen atoms in total. The SMILES string of the molecule is C=CC(=O)OCc1ccc2oc(-c3cc4ccc(NCC(CC)CCCC)cc4oc3=O)nc2c1.